The number of aromatic nitrogens is 1. The summed E-state index contributed by atoms with van der Waals surface area (Å²) in [6, 6.07) is 4.68. The number of hydrogen-bond acceptors (Lipinski definition) is 7. The van der Waals surface area contributed by atoms with Crippen LogP contribution in [0.15, 0.2) is 18.2 Å². The van der Waals surface area contributed by atoms with E-state index in [4.69, 9.17) is 15.8 Å². The van der Waals surface area contributed by atoms with E-state index in [0.717, 1.165) is 35.4 Å². The monoisotopic (exact) mass is 490 g/mol. The van der Waals surface area contributed by atoms with Crippen molar-refractivity contribution in [2.75, 3.05) is 39.1 Å². The molecule has 1 amide bonds. The minimum absolute atomic E-state index is 0.0162. The zero-order chi connectivity index (χ0) is 22.6. The molecule has 3 rings (SSSR count). The van der Waals surface area contributed by atoms with E-state index >= 15 is 0 Å². The van der Waals surface area contributed by atoms with Gasteiger partial charge >= 0.3 is 10.3 Å². The molecular weight excluding hydrogens is 467 g/mol. The number of rotatable bonds is 9. The van der Waals surface area contributed by atoms with Crippen LogP contribution in [0, 0.1) is 5.82 Å². The summed E-state index contributed by atoms with van der Waals surface area (Å²) in [7, 11) is -0.395. The highest BCUT2D eigenvalue weighted by atomic mass is 35.5. The highest BCUT2D eigenvalue weighted by Crippen LogP contribution is 2.42. The molecule has 0 unspecified atom stereocenters. The summed E-state index contributed by atoms with van der Waals surface area (Å²) in [5.41, 5.74) is 1.77. The first-order valence-corrected chi connectivity index (χ1v) is 12.3. The smallest absolute Gasteiger partial charge is 0.308 e. The molecule has 31 heavy (non-hydrogen) atoms. The van der Waals surface area contributed by atoms with Crippen LogP contribution < -0.4 is 10.0 Å². The number of hydrogen-bond donors (Lipinski definition) is 2. The molecule has 2 N–H and O–H groups in total. The number of nitrogens with one attached hydrogen (secondary N) is 2. The van der Waals surface area contributed by atoms with Gasteiger partial charge in [0.2, 0.25) is 0 Å². The van der Waals surface area contributed by atoms with Crippen molar-refractivity contribution < 1.29 is 21.8 Å². The minimum atomic E-state index is -4.02. The molecule has 0 aliphatic heterocycles. The first-order chi connectivity index (χ1) is 14.6. The molecule has 0 radical (unpaired) electrons. The Bertz CT molecular complexity index is 1050. The predicted octanol–water partition coefficient (Wildman–Crippen LogP) is 2.75. The van der Waals surface area contributed by atoms with Gasteiger partial charge in [0, 0.05) is 23.9 Å². The van der Waals surface area contributed by atoms with Gasteiger partial charge < -0.3 is 4.90 Å². The summed E-state index contributed by atoms with van der Waals surface area (Å²) in [5.74, 6) is -1.07. The normalized spacial score (nSPS) is 16.4. The number of aryl methyl sites for hydroxylation is 1. The molecule has 0 spiro atoms. The summed E-state index contributed by atoms with van der Waals surface area (Å²) < 4.78 is 44.1. The largest absolute Gasteiger partial charge is 0.336 e. The highest BCUT2D eigenvalue weighted by molar-refractivity contribution is 7.84. The van der Waals surface area contributed by atoms with Gasteiger partial charge in [0.25, 0.3) is 5.91 Å². The number of carbonyl (C=O) groups is 1. The van der Waals surface area contributed by atoms with Gasteiger partial charge in [-0.05, 0) is 51.1 Å². The summed E-state index contributed by atoms with van der Waals surface area (Å²) in [5, 5.41) is 3.04. The fourth-order valence-corrected chi connectivity index (χ4v) is 5.31. The molecule has 8 nitrogen and oxygen atoms in total. The van der Waals surface area contributed by atoms with Crippen LogP contribution in [0.5, 0.6) is 0 Å². The number of carbonyl (C=O) groups excluding carboxylic acids is 1. The van der Waals surface area contributed by atoms with Crippen LogP contribution in [-0.2, 0) is 25.7 Å². The Morgan fingerprint density at radius 3 is 2.90 bits per heavy atom. The van der Waals surface area contributed by atoms with Crippen LogP contribution in [-0.4, -0.2) is 58.0 Å². The maximum Gasteiger partial charge on any atom is 0.336 e. The molecule has 1 aliphatic carbocycles. The zero-order valence-electron chi connectivity index (χ0n) is 17.2. The number of amides is 1. The number of fused-ring (bicyclic) bond motifs is 1. The first kappa shape index (κ1) is 24.0. The quantitative estimate of drug-likeness (QED) is 0.560. The number of nitrogens with zero attached hydrogens (tertiary/aromatic N) is 2. The van der Waals surface area contributed by atoms with Gasteiger partial charge in [-0.2, -0.15) is 13.1 Å². The fraction of sp³-hybridized carbons (Fsp3) is 0.474. The van der Waals surface area contributed by atoms with Crippen molar-refractivity contribution in [1.82, 2.24) is 14.6 Å². The number of likely N-dealkylation sites (N-methyl/N-ethyl adjacent to an activating group) is 1. The Morgan fingerprint density at radius 1 is 1.42 bits per heavy atom. The maximum atomic E-state index is 13.5. The average molecular weight is 491 g/mol. The minimum Gasteiger partial charge on any atom is -0.308 e. The molecule has 0 fully saturated rings. The van der Waals surface area contributed by atoms with Crippen molar-refractivity contribution in [3.8, 4) is 0 Å². The molecule has 0 saturated carbocycles. The van der Waals surface area contributed by atoms with Gasteiger partial charge in [-0.3, -0.25) is 10.1 Å². The summed E-state index contributed by atoms with van der Waals surface area (Å²) >= 11 is 7.26. The molecule has 1 atom stereocenters. The van der Waals surface area contributed by atoms with Gasteiger partial charge in [0.1, 0.15) is 12.4 Å². The first-order valence-electron chi connectivity index (χ1n) is 9.68. The number of thiazole rings is 1. The fourth-order valence-electron chi connectivity index (χ4n) is 3.24. The van der Waals surface area contributed by atoms with E-state index in [1.54, 1.807) is 12.1 Å². The summed E-state index contributed by atoms with van der Waals surface area (Å²) in [6.07, 6.45) is 2.54. The summed E-state index contributed by atoms with van der Waals surface area (Å²) in [4.78, 5) is 19.4. The predicted molar refractivity (Wildman–Crippen MR) is 118 cm³/mol. The molecule has 1 heterocycles. The van der Waals surface area contributed by atoms with E-state index in [0.29, 0.717) is 11.7 Å². The van der Waals surface area contributed by atoms with Gasteiger partial charge in [-0.25, -0.2) is 13.6 Å². The van der Waals surface area contributed by atoms with Crippen LogP contribution >= 0.6 is 22.9 Å². The molecular formula is C19H24ClFN4O4S2. The van der Waals surface area contributed by atoms with Crippen molar-refractivity contribution in [2.24, 2.45) is 0 Å². The van der Waals surface area contributed by atoms with Gasteiger partial charge in [-0.15, -0.1) is 11.3 Å². The third-order valence-electron chi connectivity index (χ3n) is 4.73. The Kier molecular flexibility index (Phi) is 8.00. The Hall–Kier alpha value is -1.63. The van der Waals surface area contributed by atoms with E-state index in [1.807, 2.05) is 19.0 Å². The van der Waals surface area contributed by atoms with Gasteiger partial charge in [0.05, 0.1) is 10.7 Å². The molecule has 2 aromatic rings. The molecule has 1 aliphatic rings. The third kappa shape index (κ3) is 6.67. The zero-order valence-corrected chi connectivity index (χ0v) is 19.5. The number of benzene rings is 1. The van der Waals surface area contributed by atoms with E-state index < -0.39 is 28.6 Å². The van der Waals surface area contributed by atoms with Crippen LogP contribution in [0.4, 0.5) is 9.52 Å². The molecule has 1 aromatic heterocycles. The van der Waals surface area contributed by atoms with Crippen LogP contribution in [0.1, 0.15) is 34.9 Å². The third-order valence-corrected chi connectivity index (χ3v) is 7.13. The number of anilines is 1. The maximum absolute atomic E-state index is 13.5. The van der Waals surface area contributed by atoms with Gasteiger partial charge in [-0.1, -0.05) is 17.7 Å². The van der Waals surface area contributed by atoms with Crippen molar-refractivity contribution in [3.63, 3.8) is 0 Å². The Labute approximate surface area is 190 Å². The standard InChI is InChI=1S/C19H24ClFN4O4S2/c1-25(2)9-8-22-31(27,28)29-11-17(26)24-19-23-16-5-3-4-13(18(16)30-19)12-6-7-15(21)14(20)10-12/h6-7,10,13,22H,3-5,8-9,11H2,1-2H3,(H,23,24,26)/t13-/m0/s1. The lowest BCUT2D eigenvalue weighted by atomic mass is 9.86. The van der Waals surface area contributed by atoms with E-state index in [9.17, 15) is 17.6 Å². The topological polar surface area (TPSA) is 101 Å². The second-order valence-electron chi connectivity index (χ2n) is 7.41. The molecule has 12 heteroatoms. The lowest BCUT2D eigenvalue weighted by Gasteiger charge is -2.21. The molecule has 0 saturated heterocycles. The van der Waals surface area contributed by atoms with Crippen molar-refractivity contribution >= 4 is 44.3 Å². The summed E-state index contributed by atoms with van der Waals surface area (Å²) in [6.45, 7) is 0.0172. The number of halogens is 2. The Morgan fingerprint density at radius 2 is 2.19 bits per heavy atom. The molecule has 1 aromatic carbocycles. The lowest BCUT2D eigenvalue weighted by molar-refractivity contribution is -0.118. The molecule has 0 bridgehead atoms. The van der Waals surface area contributed by atoms with Crippen molar-refractivity contribution in [2.45, 2.75) is 25.2 Å². The lowest BCUT2D eigenvalue weighted by Crippen LogP contribution is -2.34. The van der Waals surface area contributed by atoms with Gasteiger partial charge in [0.15, 0.2) is 5.13 Å². The van der Waals surface area contributed by atoms with Crippen LogP contribution in [0.3, 0.4) is 0 Å². The highest BCUT2D eigenvalue weighted by Gasteiger charge is 2.27. The average Bonchev–Trinajstić information content (AvgIpc) is 3.10. The van der Waals surface area contributed by atoms with E-state index in [-0.39, 0.29) is 17.5 Å². The second-order valence-corrected chi connectivity index (χ2v) is 10.3. The van der Waals surface area contributed by atoms with E-state index in [2.05, 4.69) is 15.0 Å². The molecule has 170 valence electrons. The van der Waals surface area contributed by atoms with E-state index in [1.165, 1.54) is 17.4 Å². The van der Waals surface area contributed by atoms with Crippen LogP contribution in [0.2, 0.25) is 5.02 Å². The van der Waals surface area contributed by atoms with Crippen LogP contribution in [0.25, 0.3) is 0 Å². The van der Waals surface area contributed by atoms with Crippen molar-refractivity contribution in [1.29, 1.82) is 0 Å². The van der Waals surface area contributed by atoms with Crippen molar-refractivity contribution in [3.05, 3.63) is 45.2 Å². The second kappa shape index (κ2) is 10.3. The Balaban J connectivity index is 1.61. The SMILES string of the molecule is CN(C)CCNS(=O)(=O)OCC(=O)Nc1nc2c(s1)[C@H](c1ccc(F)c(Cl)c1)CCC2.